The Balaban J connectivity index is 1.23. The molecule has 0 aliphatic rings. The molecule has 8 aromatic carbocycles. The number of aromatic nitrogens is 3. The van der Waals surface area contributed by atoms with Crippen LogP contribution in [0.2, 0.25) is 0 Å². The number of aromatic hydroxyl groups is 1. The predicted octanol–water partition coefficient (Wildman–Crippen LogP) is 17.4. The Labute approximate surface area is 404 Å². The van der Waals surface area contributed by atoms with Crippen LogP contribution in [0.3, 0.4) is 0 Å². The van der Waals surface area contributed by atoms with Gasteiger partial charge in [0.2, 0.25) is 0 Å². The fourth-order valence-electron chi connectivity index (χ4n) is 9.97. The molecule has 0 atom stereocenters. The Hall–Kier alpha value is -7.76. The van der Waals surface area contributed by atoms with E-state index in [0.717, 1.165) is 105 Å². The van der Waals surface area contributed by atoms with Crippen LogP contribution in [0.4, 0.5) is 0 Å². The lowest BCUT2D eigenvalue weighted by Gasteiger charge is -2.28. The van der Waals surface area contributed by atoms with Crippen molar-refractivity contribution < 1.29 is 9.52 Å². The summed E-state index contributed by atoms with van der Waals surface area (Å²) < 4.78 is 9.17. The van der Waals surface area contributed by atoms with Crippen LogP contribution < -0.4 is 0 Å². The molecule has 340 valence electrons. The van der Waals surface area contributed by atoms with Crippen molar-refractivity contribution in [3.05, 3.63) is 193 Å². The minimum Gasteiger partial charge on any atom is -0.507 e. The Morgan fingerprint density at radius 2 is 1.12 bits per heavy atom. The van der Waals surface area contributed by atoms with Crippen molar-refractivity contribution in [3.63, 3.8) is 0 Å². The summed E-state index contributed by atoms with van der Waals surface area (Å²) in [5.74, 6) is 0.917. The second kappa shape index (κ2) is 16.2. The van der Waals surface area contributed by atoms with Gasteiger partial charge in [0.15, 0.2) is 5.58 Å². The molecule has 0 bridgehead atoms. The highest BCUT2D eigenvalue weighted by Crippen LogP contribution is 2.47. The van der Waals surface area contributed by atoms with Gasteiger partial charge in [-0.05, 0) is 110 Å². The molecule has 0 radical (unpaired) electrons. The van der Waals surface area contributed by atoms with Gasteiger partial charge in [-0.2, -0.15) is 0 Å². The number of benzene rings is 8. The van der Waals surface area contributed by atoms with E-state index < -0.39 is 0 Å². The second-order valence-electron chi connectivity index (χ2n) is 21.7. The minimum atomic E-state index is -0.343. The first-order valence-electron chi connectivity index (χ1n) is 24.0. The van der Waals surface area contributed by atoms with Crippen LogP contribution in [-0.4, -0.2) is 19.6 Å². The van der Waals surface area contributed by atoms with Crippen molar-refractivity contribution in [3.8, 4) is 67.5 Å². The summed E-state index contributed by atoms with van der Waals surface area (Å²) in [6, 6.07) is 60.3. The lowest BCUT2D eigenvalue weighted by Crippen LogP contribution is -2.17. The number of nitrogens with zero attached hydrogens (tertiary/aromatic N) is 3. The van der Waals surface area contributed by atoms with Gasteiger partial charge in [0.05, 0.1) is 22.3 Å². The predicted molar refractivity (Wildman–Crippen MR) is 289 cm³/mol. The average molecular weight is 900 g/mol. The summed E-state index contributed by atoms with van der Waals surface area (Å²) >= 11 is 0. The average Bonchev–Trinajstić information content (AvgIpc) is 3.93. The zero-order valence-corrected chi connectivity index (χ0v) is 40.9. The summed E-state index contributed by atoms with van der Waals surface area (Å²) in [5, 5.41) is 16.9. The Bertz CT molecular complexity index is 3780. The number of imidazole rings is 1. The number of hydrogen-bond donors (Lipinski definition) is 1. The van der Waals surface area contributed by atoms with E-state index in [-0.39, 0.29) is 22.0 Å². The lowest BCUT2D eigenvalue weighted by molar-refractivity contribution is 0.446. The van der Waals surface area contributed by atoms with E-state index in [2.05, 4.69) is 237 Å². The first-order chi connectivity index (χ1) is 33.0. The minimum absolute atomic E-state index is 0.0905. The molecule has 69 heavy (non-hydrogen) atoms. The van der Waals surface area contributed by atoms with Crippen molar-refractivity contribution in [2.75, 3.05) is 0 Å². The molecule has 3 aromatic heterocycles. The van der Waals surface area contributed by atoms with Crippen LogP contribution in [0.5, 0.6) is 5.75 Å². The Kier molecular flexibility index (Phi) is 10.3. The van der Waals surface area contributed by atoms with Gasteiger partial charge in [-0.3, -0.25) is 9.55 Å². The van der Waals surface area contributed by atoms with E-state index in [1.165, 1.54) is 5.56 Å². The molecule has 0 amide bonds. The monoisotopic (exact) mass is 899 g/mol. The molecule has 1 N–H and O–H groups in total. The van der Waals surface area contributed by atoms with Gasteiger partial charge in [0.1, 0.15) is 22.9 Å². The van der Waals surface area contributed by atoms with E-state index in [9.17, 15) is 5.11 Å². The van der Waals surface area contributed by atoms with Gasteiger partial charge in [0.25, 0.3) is 0 Å². The molecular formula is C64H57N3O2. The first kappa shape index (κ1) is 43.8. The highest BCUT2D eigenvalue weighted by atomic mass is 16.3. The molecule has 0 aliphatic heterocycles. The molecule has 5 nitrogen and oxygen atoms in total. The number of phenols is 1. The number of rotatable bonds is 6. The van der Waals surface area contributed by atoms with Gasteiger partial charge in [-0.15, -0.1) is 0 Å². The molecule has 0 aliphatic carbocycles. The van der Waals surface area contributed by atoms with Gasteiger partial charge in [0, 0.05) is 44.6 Å². The highest BCUT2D eigenvalue weighted by Gasteiger charge is 2.30. The van der Waals surface area contributed by atoms with Gasteiger partial charge < -0.3 is 9.52 Å². The number of hydrogen-bond acceptors (Lipinski definition) is 4. The summed E-state index contributed by atoms with van der Waals surface area (Å²) in [5.41, 5.74) is 15.6. The third-order valence-corrected chi connectivity index (χ3v) is 13.8. The molecule has 0 unspecified atom stereocenters. The summed E-state index contributed by atoms with van der Waals surface area (Å²) in [4.78, 5) is 10.8. The normalized spacial score (nSPS) is 12.5. The van der Waals surface area contributed by atoms with E-state index in [1.807, 2.05) is 6.20 Å². The molecule has 11 rings (SSSR count). The Morgan fingerprint density at radius 1 is 0.464 bits per heavy atom. The number of para-hydroxylation sites is 1. The van der Waals surface area contributed by atoms with Crippen molar-refractivity contribution in [1.29, 1.82) is 0 Å². The molecule has 0 saturated carbocycles. The van der Waals surface area contributed by atoms with E-state index in [0.29, 0.717) is 11.4 Å². The summed E-state index contributed by atoms with van der Waals surface area (Å²) in [6.45, 7) is 20.0. The van der Waals surface area contributed by atoms with Gasteiger partial charge >= 0.3 is 0 Å². The molecule has 0 fully saturated rings. The molecular weight excluding hydrogens is 843 g/mol. The molecule has 11 aromatic rings. The van der Waals surface area contributed by atoms with Crippen LogP contribution in [0, 0.1) is 0 Å². The number of pyridine rings is 1. The number of furan rings is 1. The highest BCUT2D eigenvalue weighted by molar-refractivity contribution is 6.17. The standard InChI is InChI=1S/C64H57N3O2/c1-62(2,3)45-28-30-54(51(36-45)40-21-14-11-15-22-40)67-55-26-18-25-47(57(55)66-61(67)52-37-46(63(4,5)6)38-53(58(52)68)64(7,8)9)43-33-42(39-19-12-10-13-20-39)34-44(35-43)56-60-50(31-32-65-56)49-29-27-41-23-16-17-24-48(41)59(49)69-60/h10-38,68H,1-9H3. The fraction of sp³-hybridized carbons (Fsp3) is 0.188. The van der Waals surface area contributed by atoms with E-state index >= 15 is 0 Å². The third kappa shape index (κ3) is 7.67. The quantitative estimate of drug-likeness (QED) is 0.181. The van der Waals surface area contributed by atoms with Crippen LogP contribution in [0.25, 0.3) is 105 Å². The van der Waals surface area contributed by atoms with Gasteiger partial charge in [-0.25, -0.2) is 4.98 Å². The van der Waals surface area contributed by atoms with Crippen LogP contribution >= 0.6 is 0 Å². The second-order valence-corrected chi connectivity index (χ2v) is 21.7. The Morgan fingerprint density at radius 3 is 1.84 bits per heavy atom. The maximum Gasteiger partial charge on any atom is 0.161 e. The zero-order chi connectivity index (χ0) is 48.0. The zero-order valence-electron chi connectivity index (χ0n) is 40.9. The molecule has 0 saturated heterocycles. The number of fused-ring (bicyclic) bond motifs is 6. The molecule has 3 heterocycles. The third-order valence-electron chi connectivity index (χ3n) is 13.8. The number of phenolic OH excluding ortho intramolecular Hbond substituents is 1. The van der Waals surface area contributed by atoms with Gasteiger partial charge in [-0.1, -0.05) is 178 Å². The lowest BCUT2D eigenvalue weighted by atomic mass is 9.79. The first-order valence-corrected chi connectivity index (χ1v) is 24.0. The SMILES string of the molecule is CC(C)(C)c1ccc(-n2c(-c3cc(C(C)(C)C)cc(C(C)(C)C)c3O)nc3c(-c4cc(-c5ccccc5)cc(-c5nccc6c5oc5c7ccccc7ccc65)c4)cccc32)c(-c2ccccc2)c1. The van der Waals surface area contributed by atoms with Crippen LogP contribution in [-0.2, 0) is 16.2 Å². The van der Waals surface area contributed by atoms with Crippen LogP contribution in [0.15, 0.2) is 180 Å². The van der Waals surface area contributed by atoms with Crippen molar-refractivity contribution >= 4 is 43.7 Å². The maximum atomic E-state index is 12.6. The molecule has 0 spiro atoms. The summed E-state index contributed by atoms with van der Waals surface area (Å²) in [6.07, 6.45) is 1.89. The largest absolute Gasteiger partial charge is 0.507 e. The van der Waals surface area contributed by atoms with Crippen molar-refractivity contribution in [2.45, 2.75) is 78.6 Å². The molecule has 5 heteroatoms. The van der Waals surface area contributed by atoms with Crippen molar-refractivity contribution in [2.24, 2.45) is 0 Å². The maximum absolute atomic E-state index is 12.6. The van der Waals surface area contributed by atoms with Crippen molar-refractivity contribution in [1.82, 2.24) is 14.5 Å². The van der Waals surface area contributed by atoms with E-state index in [1.54, 1.807) is 0 Å². The topological polar surface area (TPSA) is 64.1 Å². The van der Waals surface area contributed by atoms with Crippen LogP contribution in [0.1, 0.15) is 79.0 Å². The fourth-order valence-corrected chi connectivity index (χ4v) is 9.97. The summed E-state index contributed by atoms with van der Waals surface area (Å²) in [7, 11) is 0. The van der Waals surface area contributed by atoms with E-state index in [4.69, 9.17) is 14.4 Å². The smallest absolute Gasteiger partial charge is 0.161 e.